The van der Waals surface area contributed by atoms with E-state index in [9.17, 15) is 9.59 Å². The number of halogens is 2. The predicted octanol–water partition coefficient (Wildman–Crippen LogP) is 3.52. The van der Waals surface area contributed by atoms with E-state index in [0.29, 0.717) is 10.0 Å². The summed E-state index contributed by atoms with van der Waals surface area (Å²) in [5, 5.41) is 3.90. The van der Waals surface area contributed by atoms with Crippen LogP contribution in [0.25, 0.3) is 11.0 Å². The minimum Gasteiger partial charge on any atom is -0.348 e. The fraction of sp³-hybridized carbons (Fsp3) is 0.222. The van der Waals surface area contributed by atoms with Crippen LogP contribution in [-0.4, -0.2) is 15.0 Å². The third-order valence-corrected chi connectivity index (χ3v) is 4.72. The molecule has 1 aromatic heterocycles. The lowest BCUT2D eigenvalue weighted by Crippen LogP contribution is -2.34. The lowest BCUT2D eigenvalue weighted by molar-refractivity contribution is -0.122. The van der Waals surface area contributed by atoms with Gasteiger partial charge in [-0.2, -0.15) is 0 Å². The summed E-state index contributed by atoms with van der Waals surface area (Å²) in [6.07, 6.45) is 0. The van der Waals surface area contributed by atoms with E-state index in [1.807, 2.05) is 31.2 Å². The number of aromatic nitrogens is 2. The Bertz CT molecular complexity index is 1010. The second-order valence-electron chi connectivity index (χ2n) is 5.87. The van der Waals surface area contributed by atoms with Crippen molar-refractivity contribution in [3.63, 3.8) is 0 Å². The summed E-state index contributed by atoms with van der Waals surface area (Å²) in [7, 11) is 1.69. The first-order chi connectivity index (χ1) is 11.9. The third kappa shape index (κ3) is 3.43. The molecule has 7 heteroatoms. The van der Waals surface area contributed by atoms with Crippen LogP contribution in [0.3, 0.4) is 0 Å². The first-order valence-electron chi connectivity index (χ1n) is 7.77. The minimum absolute atomic E-state index is 0.0598. The maximum absolute atomic E-state index is 12.4. The number of benzene rings is 2. The molecule has 3 aromatic rings. The first kappa shape index (κ1) is 17.6. The standard InChI is InChI=1S/C18H17Cl2N3O2/c1-11(13-8-7-12(19)9-14(13)20)21-17(24)10-23-16-6-4-3-5-15(16)22(2)18(23)25/h3-9,11H,10H2,1-2H3,(H,21,24)/t11-/m1/s1. The Labute approximate surface area is 154 Å². The van der Waals surface area contributed by atoms with Gasteiger partial charge in [0.2, 0.25) is 5.91 Å². The lowest BCUT2D eigenvalue weighted by Gasteiger charge is -2.16. The molecule has 0 unspecified atom stereocenters. The van der Waals surface area contributed by atoms with Gasteiger partial charge in [-0.1, -0.05) is 41.4 Å². The zero-order valence-corrected chi connectivity index (χ0v) is 15.3. The van der Waals surface area contributed by atoms with Crippen molar-refractivity contribution in [3.8, 4) is 0 Å². The smallest absolute Gasteiger partial charge is 0.329 e. The van der Waals surface area contributed by atoms with Crippen LogP contribution in [0.4, 0.5) is 0 Å². The van der Waals surface area contributed by atoms with Gasteiger partial charge < -0.3 is 5.32 Å². The SMILES string of the molecule is C[C@@H](NC(=O)Cn1c(=O)n(C)c2ccccc21)c1ccc(Cl)cc1Cl. The van der Waals surface area contributed by atoms with E-state index in [2.05, 4.69) is 5.32 Å². The number of hydrogen-bond donors (Lipinski definition) is 1. The molecule has 1 amide bonds. The van der Waals surface area contributed by atoms with Crippen LogP contribution < -0.4 is 11.0 Å². The monoisotopic (exact) mass is 377 g/mol. The summed E-state index contributed by atoms with van der Waals surface area (Å²) in [6, 6.07) is 12.2. The number of hydrogen-bond acceptors (Lipinski definition) is 2. The number of amides is 1. The molecule has 0 spiro atoms. The maximum atomic E-state index is 12.4. The van der Waals surface area contributed by atoms with E-state index < -0.39 is 0 Å². The molecular formula is C18H17Cl2N3O2. The van der Waals surface area contributed by atoms with Crippen LogP contribution in [0.15, 0.2) is 47.3 Å². The van der Waals surface area contributed by atoms with Crippen molar-refractivity contribution >= 4 is 40.1 Å². The summed E-state index contributed by atoms with van der Waals surface area (Å²) in [5.74, 6) is -0.267. The second-order valence-corrected chi connectivity index (χ2v) is 6.72. The molecule has 0 aliphatic rings. The van der Waals surface area contributed by atoms with E-state index in [0.717, 1.165) is 16.6 Å². The van der Waals surface area contributed by atoms with Gasteiger partial charge in [-0.25, -0.2) is 4.79 Å². The summed E-state index contributed by atoms with van der Waals surface area (Å²) in [6.45, 7) is 1.77. The number of fused-ring (bicyclic) bond motifs is 1. The number of carbonyl (C=O) groups is 1. The molecule has 1 heterocycles. The normalized spacial score (nSPS) is 12.3. The molecule has 0 radical (unpaired) electrons. The molecule has 1 atom stereocenters. The van der Waals surface area contributed by atoms with Crippen LogP contribution in [0.2, 0.25) is 10.0 Å². The Morgan fingerprint density at radius 1 is 1.16 bits per heavy atom. The van der Waals surface area contributed by atoms with Crippen molar-refractivity contribution in [2.45, 2.75) is 19.5 Å². The average molecular weight is 378 g/mol. The van der Waals surface area contributed by atoms with Gasteiger partial charge in [0, 0.05) is 17.1 Å². The Kier molecular flexibility index (Phi) is 4.88. The topological polar surface area (TPSA) is 56.0 Å². The number of aryl methyl sites for hydroxylation is 1. The van der Waals surface area contributed by atoms with Gasteiger partial charge in [0.05, 0.1) is 17.1 Å². The Morgan fingerprint density at radius 3 is 2.52 bits per heavy atom. The number of para-hydroxylation sites is 2. The first-order valence-corrected chi connectivity index (χ1v) is 8.52. The van der Waals surface area contributed by atoms with E-state index in [4.69, 9.17) is 23.2 Å². The number of nitrogens with zero attached hydrogens (tertiary/aromatic N) is 2. The van der Waals surface area contributed by atoms with E-state index >= 15 is 0 Å². The Balaban J connectivity index is 1.81. The van der Waals surface area contributed by atoms with Gasteiger partial charge in [-0.3, -0.25) is 13.9 Å². The molecule has 0 fully saturated rings. The molecule has 2 aromatic carbocycles. The predicted molar refractivity (Wildman–Crippen MR) is 100 cm³/mol. The largest absolute Gasteiger partial charge is 0.348 e. The minimum atomic E-state index is -0.303. The third-order valence-electron chi connectivity index (χ3n) is 4.16. The van der Waals surface area contributed by atoms with Crippen LogP contribution in [0.1, 0.15) is 18.5 Å². The van der Waals surface area contributed by atoms with Crippen molar-refractivity contribution in [1.82, 2.24) is 14.5 Å². The van der Waals surface area contributed by atoms with E-state index in [1.54, 1.807) is 25.2 Å². The van der Waals surface area contributed by atoms with Gasteiger partial charge >= 0.3 is 5.69 Å². The number of nitrogens with one attached hydrogen (secondary N) is 1. The highest BCUT2D eigenvalue weighted by Crippen LogP contribution is 2.26. The molecular weight excluding hydrogens is 361 g/mol. The molecule has 0 aliphatic carbocycles. The van der Waals surface area contributed by atoms with Crippen molar-refractivity contribution in [2.75, 3.05) is 0 Å². The van der Waals surface area contributed by atoms with Gasteiger partial charge in [0.1, 0.15) is 6.54 Å². The molecule has 0 saturated carbocycles. The zero-order chi connectivity index (χ0) is 18.1. The molecule has 25 heavy (non-hydrogen) atoms. The van der Waals surface area contributed by atoms with Gasteiger partial charge in [-0.15, -0.1) is 0 Å². The highest BCUT2D eigenvalue weighted by atomic mass is 35.5. The maximum Gasteiger partial charge on any atom is 0.329 e. The highest BCUT2D eigenvalue weighted by molar-refractivity contribution is 6.35. The number of rotatable bonds is 4. The highest BCUT2D eigenvalue weighted by Gasteiger charge is 2.16. The van der Waals surface area contributed by atoms with Gasteiger partial charge in [0.15, 0.2) is 0 Å². The van der Waals surface area contributed by atoms with E-state index in [1.165, 1.54) is 9.13 Å². The number of imidazole rings is 1. The van der Waals surface area contributed by atoms with Gasteiger partial charge in [-0.05, 0) is 36.8 Å². The lowest BCUT2D eigenvalue weighted by atomic mass is 10.1. The molecule has 0 aliphatic heterocycles. The zero-order valence-electron chi connectivity index (χ0n) is 13.8. The second kappa shape index (κ2) is 6.94. The summed E-state index contributed by atoms with van der Waals surface area (Å²) in [4.78, 5) is 24.8. The van der Waals surface area contributed by atoms with Gasteiger partial charge in [0.25, 0.3) is 0 Å². The van der Waals surface area contributed by atoms with Crippen LogP contribution in [-0.2, 0) is 18.4 Å². The average Bonchev–Trinajstić information content (AvgIpc) is 2.80. The van der Waals surface area contributed by atoms with E-state index in [-0.39, 0.29) is 24.2 Å². The van der Waals surface area contributed by atoms with Crippen molar-refractivity contribution < 1.29 is 4.79 Å². The molecule has 3 rings (SSSR count). The van der Waals surface area contributed by atoms with Crippen molar-refractivity contribution in [3.05, 3.63) is 68.6 Å². The fourth-order valence-electron chi connectivity index (χ4n) is 2.88. The fourth-order valence-corrected chi connectivity index (χ4v) is 3.45. The Morgan fingerprint density at radius 2 is 1.84 bits per heavy atom. The molecule has 5 nitrogen and oxygen atoms in total. The molecule has 0 bridgehead atoms. The van der Waals surface area contributed by atoms with Crippen LogP contribution in [0.5, 0.6) is 0 Å². The summed E-state index contributed by atoms with van der Waals surface area (Å²) >= 11 is 12.1. The van der Waals surface area contributed by atoms with Crippen LogP contribution in [0, 0.1) is 0 Å². The Hall–Kier alpha value is -2.24. The molecule has 1 N–H and O–H groups in total. The summed E-state index contributed by atoms with van der Waals surface area (Å²) < 4.78 is 2.99. The summed E-state index contributed by atoms with van der Waals surface area (Å²) in [5.41, 5.74) is 2.05. The quantitative estimate of drug-likeness (QED) is 0.755. The molecule has 0 saturated heterocycles. The number of carbonyl (C=O) groups excluding carboxylic acids is 1. The molecule has 130 valence electrons. The van der Waals surface area contributed by atoms with Crippen molar-refractivity contribution in [2.24, 2.45) is 7.05 Å². The van der Waals surface area contributed by atoms with Crippen molar-refractivity contribution in [1.29, 1.82) is 0 Å². The van der Waals surface area contributed by atoms with Crippen LogP contribution >= 0.6 is 23.2 Å².